The van der Waals surface area contributed by atoms with Crippen molar-refractivity contribution in [2.45, 2.75) is 26.1 Å². The van der Waals surface area contributed by atoms with Gasteiger partial charge in [0.05, 0.1) is 11.6 Å². The molecule has 108 valence electrons. The smallest absolute Gasteiger partial charge is 0.416 e. The molecule has 0 amide bonds. The van der Waals surface area contributed by atoms with Crippen molar-refractivity contribution in [1.82, 2.24) is 0 Å². The molecule has 20 heavy (non-hydrogen) atoms. The van der Waals surface area contributed by atoms with Crippen molar-refractivity contribution in [2.75, 3.05) is 5.32 Å². The molecule has 0 aliphatic carbocycles. The zero-order valence-corrected chi connectivity index (χ0v) is 12.5. The van der Waals surface area contributed by atoms with Crippen LogP contribution in [-0.2, 0) is 6.18 Å². The van der Waals surface area contributed by atoms with Crippen LogP contribution in [0.3, 0.4) is 0 Å². The average Bonchev–Trinajstić information content (AvgIpc) is 2.74. The third kappa shape index (κ3) is 3.56. The quantitative estimate of drug-likeness (QED) is 0.788. The van der Waals surface area contributed by atoms with Gasteiger partial charge in [-0.05, 0) is 44.2 Å². The van der Waals surface area contributed by atoms with Gasteiger partial charge in [0.1, 0.15) is 11.5 Å². The van der Waals surface area contributed by atoms with E-state index in [0.717, 1.165) is 17.9 Å². The summed E-state index contributed by atoms with van der Waals surface area (Å²) in [5.41, 5.74) is -0.314. The first kappa shape index (κ1) is 15.0. The molecule has 1 aromatic heterocycles. The van der Waals surface area contributed by atoms with Gasteiger partial charge in [-0.3, -0.25) is 0 Å². The molecule has 0 saturated heterocycles. The summed E-state index contributed by atoms with van der Waals surface area (Å²) in [5, 5.41) is 3.00. The van der Waals surface area contributed by atoms with E-state index in [-0.39, 0.29) is 6.04 Å². The number of halogens is 4. The Hall–Kier alpha value is -1.43. The largest absolute Gasteiger partial charge is 0.464 e. The molecule has 2 rings (SSSR count). The predicted octanol–water partition coefficient (Wildman–Crippen LogP) is 5.54. The summed E-state index contributed by atoms with van der Waals surface area (Å²) in [6.45, 7) is 3.64. The van der Waals surface area contributed by atoms with Crippen LogP contribution in [0.4, 0.5) is 18.9 Å². The third-order valence-electron chi connectivity index (χ3n) is 2.80. The van der Waals surface area contributed by atoms with Gasteiger partial charge in [0.25, 0.3) is 0 Å². The van der Waals surface area contributed by atoms with Crippen molar-refractivity contribution in [3.05, 3.63) is 51.9 Å². The molecular formula is C14H13BrF3NO. The maximum absolute atomic E-state index is 12.7. The normalized spacial score (nSPS) is 13.3. The average molecular weight is 348 g/mol. The number of benzene rings is 1. The number of furan rings is 1. The highest BCUT2D eigenvalue weighted by atomic mass is 79.9. The van der Waals surface area contributed by atoms with Crippen molar-refractivity contribution in [3.63, 3.8) is 0 Å². The molecule has 0 aliphatic heterocycles. The molecule has 1 heterocycles. The van der Waals surface area contributed by atoms with Crippen LogP contribution in [-0.4, -0.2) is 0 Å². The molecule has 0 bridgehead atoms. The Labute approximate surface area is 123 Å². The van der Waals surface area contributed by atoms with Crippen LogP contribution in [0, 0.1) is 6.92 Å². The molecule has 0 aliphatic rings. The fourth-order valence-electron chi connectivity index (χ4n) is 1.84. The molecule has 1 unspecified atom stereocenters. The van der Waals surface area contributed by atoms with Crippen LogP contribution in [0.15, 0.2) is 39.2 Å². The minimum atomic E-state index is -4.37. The first-order valence-corrected chi connectivity index (χ1v) is 6.75. The van der Waals surface area contributed by atoms with E-state index in [1.165, 1.54) is 0 Å². The number of nitrogens with one attached hydrogen (secondary N) is 1. The summed E-state index contributed by atoms with van der Waals surface area (Å²) in [5.74, 6) is 1.44. The molecule has 6 heteroatoms. The summed E-state index contributed by atoms with van der Waals surface area (Å²) in [7, 11) is 0. The van der Waals surface area contributed by atoms with Crippen LogP contribution in [0.5, 0.6) is 0 Å². The van der Waals surface area contributed by atoms with Crippen LogP contribution in [0.1, 0.15) is 30.0 Å². The van der Waals surface area contributed by atoms with Gasteiger partial charge >= 0.3 is 6.18 Å². The van der Waals surface area contributed by atoms with Gasteiger partial charge in [0.2, 0.25) is 0 Å². The molecule has 0 spiro atoms. The topological polar surface area (TPSA) is 25.2 Å². The number of hydrogen-bond donors (Lipinski definition) is 1. The van der Waals surface area contributed by atoms with E-state index in [1.807, 2.05) is 19.9 Å². The van der Waals surface area contributed by atoms with Crippen LogP contribution in [0.2, 0.25) is 0 Å². The zero-order chi connectivity index (χ0) is 14.9. The number of hydrogen-bond acceptors (Lipinski definition) is 2. The second kappa shape index (κ2) is 5.52. The van der Waals surface area contributed by atoms with Gasteiger partial charge < -0.3 is 9.73 Å². The van der Waals surface area contributed by atoms with E-state index >= 15 is 0 Å². The van der Waals surface area contributed by atoms with Crippen molar-refractivity contribution in [3.8, 4) is 0 Å². The van der Waals surface area contributed by atoms with Gasteiger partial charge in [0, 0.05) is 10.2 Å². The Bertz CT molecular complexity index is 607. The van der Waals surface area contributed by atoms with Crippen molar-refractivity contribution in [2.24, 2.45) is 0 Å². The molecule has 1 atom stereocenters. The molecular weight excluding hydrogens is 335 g/mol. The predicted molar refractivity (Wildman–Crippen MR) is 74.6 cm³/mol. The highest BCUT2D eigenvalue weighted by molar-refractivity contribution is 9.10. The second-order valence-corrected chi connectivity index (χ2v) is 5.46. The lowest BCUT2D eigenvalue weighted by Gasteiger charge is -2.15. The SMILES string of the molecule is Cc1ccc(C(C)Nc2cc(Br)cc(C(F)(F)F)c2)o1. The van der Waals surface area contributed by atoms with Gasteiger partial charge in [-0.1, -0.05) is 15.9 Å². The van der Waals surface area contributed by atoms with Crippen molar-refractivity contribution >= 4 is 21.6 Å². The van der Waals surface area contributed by atoms with Gasteiger partial charge in [-0.2, -0.15) is 13.2 Å². The lowest BCUT2D eigenvalue weighted by molar-refractivity contribution is -0.137. The highest BCUT2D eigenvalue weighted by Gasteiger charge is 2.31. The fraction of sp³-hybridized carbons (Fsp3) is 0.286. The third-order valence-corrected chi connectivity index (χ3v) is 3.25. The monoisotopic (exact) mass is 347 g/mol. The van der Waals surface area contributed by atoms with Crippen LogP contribution < -0.4 is 5.32 Å². The van der Waals surface area contributed by atoms with E-state index < -0.39 is 11.7 Å². The van der Waals surface area contributed by atoms with E-state index in [9.17, 15) is 13.2 Å². The fourth-order valence-corrected chi connectivity index (χ4v) is 2.34. The van der Waals surface area contributed by atoms with Crippen molar-refractivity contribution in [1.29, 1.82) is 0 Å². The van der Waals surface area contributed by atoms with Gasteiger partial charge in [-0.25, -0.2) is 0 Å². The van der Waals surface area contributed by atoms with E-state index in [0.29, 0.717) is 15.9 Å². The van der Waals surface area contributed by atoms with Crippen LogP contribution >= 0.6 is 15.9 Å². The Morgan fingerprint density at radius 2 is 1.90 bits per heavy atom. The summed E-state index contributed by atoms with van der Waals surface area (Å²) >= 11 is 3.09. The van der Waals surface area contributed by atoms with Gasteiger partial charge in [-0.15, -0.1) is 0 Å². The lowest BCUT2D eigenvalue weighted by atomic mass is 10.1. The maximum atomic E-state index is 12.7. The summed E-state index contributed by atoms with van der Waals surface area (Å²) in [6, 6.07) is 7.12. The van der Waals surface area contributed by atoms with E-state index in [1.54, 1.807) is 12.1 Å². The summed E-state index contributed by atoms with van der Waals surface area (Å²) in [4.78, 5) is 0. The van der Waals surface area contributed by atoms with Crippen molar-refractivity contribution < 1.29 is 17.6 Å². The van der Waals surface area contributed by atoms with Gasteiger partial charge in [0.15, 0.2) is 0 Å². The molecule has 0 fully saturated rings. The summed E-state index contributed by atoms with van der Waals surface area (Å²) < 4.78 is 44.1. The zero-order valence-electron chi connectivity index (χ0n) is 10.9. The molecule has 1 N–H and O–H groups in total. The molecule has 2 aromatic rings. The maximum Gasteiger partial charge on any atom is 0.416 e. The Balaban J connectivity index is 2.23. The number of alkyl halides is 3. The Kier molecular flexibility index (Phi) is 4.13. The van der Waals surface area contributed by atoms with Crippen LogP contribution in [0.25, 0.3) is 0 Å². The number of rotatable bonds is 3. The first-order valence-electron chi connectivity index (χ1n) is 5.96. The number of aryl methyl sites for hydroxylation is 1. The summed E-state index contributed by atoms with van der Waals surface area (Å²) in [6.07, 6.45) is -4.37. The first-order chi connectivity index (χ1) is 9.25. The second-order valence-electron chi connectivity index (χ2n) is 4.54. The highest BCUT2D eigenvalue weighted by Crippen LogP contribution is 2.34. The Morgan fingerprint density at radius 3 is 2.45 bits per heavy atom. The minimum absolute atomic E-state index is 0.223. The Morgan fingerprint density at radius 1 is 1.20 bits per heavy atom. The molecule has 1 aromatic carbocycles. The molecule has 2 nitrogen and oxygen atoms in total. The van der Waals surface area contributed by atoms with E-state index in [2.05, 4.69) is 21.2 Å². The lowest BCUT2D eigenvalue weighted by Crippen LogP contribution is -2.09. The number of anilines is 1. The van der Waals surface area contributed by atoms with E-state index in [4.69, 9.17) is 4.42 Å². The molecule has 0 saturated carbocycles. The molecule has 0 radical (unpaired) electrons. The minimum Gasteiger partial charge on any atom is -0.464 e. The standard InChI is InChI=1S/C14H13BrF3NO/c1-8-3-4-13(20-8)9(2)19-12-6-10(14(16,17)18)5-11(15)7-12/h3-7,9,19H,1-2H3.